The Bertz CT molecular complexity index is 1260. The van der Waals surface area contributed by atoms with E-state index in [0.717, 1.165) is 25.7 Å². The van der Waals surface area contributed by atoms with Crippen molar-refractivity contribution in [2.24, 2.45) is 5.10 Å². The molecule has 3 aromatic rings. The van der Waals surface area contributed by atoms with E-state index in [2.05, 4.69) is 5.10 Å². The second-order valence-corrected chi connectivity index (χ2v) is 8.09. The Labute approximate surface area is 190 Å². The first-order valence-electron chi connectivity index (χ1n) is 10.6. The SMILES string of the molecule is COc1cc(Cl)cc(C=Nn2c(C3CCCCC3)nc3ccccc3c2=O)c1OCC#N. The minimum Gasteiger partial charge on any atom is -0.493 e. The average Bonchev–Trinajstić information content (AvgIpc) is 2.82. The largest absolute Gasteiger partial charge is 0.493 e. The molecule has 0 aliphatic heterocycles. The van der Waals surface area contributed by atoms with Crippen molar-refractivity contribution in [1.29, 1.82) is 5.26 Å². The first-order valence-corrected chi connectivity index (χ1v) is 10.9. The quantitative estimate of drug-likeness (QED) is 0.499. The van der Waals surface area contributed by atoms with E-state index in [1.807, 2.05) is 24.3 Å². The molecule has 164 valence electrons. The summed E-state index contributed by atoms with van der Waals surface area (Å²) in [5.41, 5.74) is 0.951. The summed E-state index contributed by atoms with van der Waals surface area (Å²) in [6.07, 6.45) is 6.86. The van der Waals surface area contributed by atoms with Gasteiger partial charge in [0.05, 0.1) is 24.2 Å². The molecule has 1 heterocycles. The van der Waals surface area contributed by atoms with E-state index in [-0.39, 0.29) is 18.1 Å². The number of nitriles is 1. The first-order chi connectivity index (χ1) is 15.6. The van der Waals surface area contributed by atoms with E-state index < -0.39 is 0 Å². The van der Waals surface area contributed by atoms with Crippen LogP contribution in [0.4, 0.5) is 0 Å². The van der Waals surface area contributed by atoms with E-state index in [9.17, 15) is 4.79 Å². The maximum Gasteiger partial charge on any atom is 0.282 e. The van der Waals surface area contributed by atoms with Gasteiger partial charge in [0.1, 0.15) is 11.9 Å². The van der Waals surface area contributed by atoms with E-state index in [1.165, 1.54) is 24.4 Å². The predicted molar refractivity (Wildman–Crippen MR) is 124 cm³/mol. The molecule has 1 fully saturated rings. The summed E-state index contributed by atoms with van der Waals surface area (Å²) >= 11 is 6.24. The number of hydrogen-bond acceptors (Lipinski definition) is 6. The Balaban J connectivity index is 1.85. The van der Waals surface area contributed by atoms with Crippen LogP contribution in [0, 0.1) is 11.3 Å². The standard InChI is InChI=1S/C24H23ClN4O3/c1-31-21-14-18(25)13-17(22(21)32-12-11-26)15-27-29-23(16-7-3-2-4-8-16)28-20-10-6-5-9-19(20)24(29)30/h5-6,9-10,13-16H,2-4,7-8,12H2,1H3. The van der Waals surface area contributed by atoms with Gasteiger partial charge in [0.25, 0.3) is 5.56 Å². The number of halogens is 1. The van der Waals surface area contributed by atoms with Gasteiger partial charge >= 0.3 is 0 Å². The van der Waals surface area contributed by atoms with Crippen LogP contribution in [0.2, 0.25) is 5.02 Å². The molecule has 7 nitrogen and oxygen atoms in total. The number of para-hydroxylation sites is 1. The molecule has 0 radical (unpaired) electrons. The van der Waals surface area contributed by atoms with Crippen molar-refractivity contribution in [3.05, 3.63) is 63.2 Å². The molecule has 8 heteroatoms. The summed E-state index contributed by atoms with van der Waals surface area (Å²) in [5, 5.41) is 14.4. The van der Waals surface area contributed by atoms with Gasteiger partial charge in [0.15, 0.2) is 18.1 Å². The molecule has 0 saturated heterocycles. The minimum atomic E-state index is -0.221. The Hall–Kier alpha value is -3.37. The molecule has 0 unspecified atom stereocenters. The van der Waals surface area contributed by atoms with Crippen LogP contribution in [0.5, 0.6) is 11.5 Å². The topological polar surface area (TPSA) is 89.5 Å². The zero-order chi connectivity index (χ0) is 22.5. The molecule has 1 saturated carbocycles. The van der Waals surface area contributed by atoms with Crippen LogP contribution in [0.3, 0.4) is 0 Å². The molecular weight excluding hydrogens is 428 g/mol. The molecule has 0 amide bonds. The van der Waals surface area contributed by atoms with Gasteiger partial charge < -0.3 is 9.47 Å². The highest BCUT2D eigenvalue weighted by atomic mass is 35.5. The summed E-state index contributed by atoms with van der Waals surface area (Å²) in [7, 11) is 1.49. The van der Waals surface area contributed by atoms with Crippen LogP contribution in [0.25, 0.3) is 10.9 Å². The summed E-state index contributed by atoms with van der Waals surface area (Å²) in [5.74, 6) is 1.55. The number of benzene rings is 2. The van der Waals surface area contributed by atoms with Gasteiger partial charge in [0, 0.05) is 22.6 Å². The Morgan fingerprint density at radius 3 is 2.81 bits per heavy atom. The van der Waals surface area contributed by atoms with E-state index in [0.29, 0.717) is 38.8 Å². The second kappa shape index (κ2) is 9.84. The van der Waals surface area contributed by atoms with E-state index >= 15 is 0 Å². The highest BCUT2D eigenvalue weighted by Crippen LogP contribution is 2.34. The van der Waals surface area contributed by atoms with Gasteiger partial charge in [-0.15, -0.1) is 0 Å². The molecule has 2 aromatic carbocycles. The van der Waals surface area contributed by atoms with Crippen LogP contribution >= 0.6 is 11.6 Å². The normalized spacial score (nSPS) is 14.5. The van der Waals surface area contributed by atoms with Crippen LogP contribution in [-0.4, -0.2) is 29.6 Å². The fourth-order valence-electron chi connectivity index (χ4n) is 4.09. The highest BCUT2D eigenvalue weighted by molar-refractivity contribution is 6.31. The molecular formula is C24H23ClN4O3. The van der Waals surface area contributed by atoms with E-state index in [4.69, 9.17) is 31.3 Å². The smallest absolute Gasteiger partial charge is 0.282 e. The van der Waals surface area contributed by atoms with Gasteiger partial charge in [-0.2, -0.15) is 15.0 Å². The number of aromatic nitrogens is 2. The number of nitrogens with zero attached hydrogens (tertiary/aromatic N) is 4. The Kier molecular flexibility index (Phi) is 6.72. The number of ether oxygens (including phenoxy) is 2. The zero-order valence-electron chi connectivity index (χ0n) is 17.8. The van der Waals surface area contributed by atoms with Gasteiger partial charge in [-0.3, -0.25) is 4.79 Å². The Morgan fingerprint density at radius 2 is 2.06 bits per heavy atom. The molecule has 0 spiro atoms. The fraction of sp³-hybridized carbons (Fsp3) is 0.333. The second-order valence-electron chi connectivity index (χ2n) is 7.66. The third-order valence-electron chi connectivity index (χ3n) is 5.61. The lowest BCUT2D eigenvalue weighted by Crippen LogP contribution is -2.25. The lowest BCUT2D eigenvalue weighted by atomic mass is 9.88. The van der Waals surface area contributed by atoms with Gasteiger partial charge in [-0.05, 0) is 31.0 Å². The molecule has 0 atom stereocenters. The van der Waals surface area contributed by atoms with Crippen LogP contribution < -0.4 is 15.0 Å². The molecule has 4 rings (SSSR count). The van der Waals surface area contributed by atoms with Gasteiger partial charge in [-0.1, -0.05) is 43.0 Å². The van der Waals surface area contributed by atoms with Crippen molar-refractivity contribution in [1.82, 2.24) is 9.66 Å². The highest BCUT2D eigenvalue weighted by Gasteiger charge is 2.22. The van der Waals surface area contributed by atoms with Crippen molar-refractivity contribution < 1.29 is 9.47 Å². The van der Waals surface area contributed by atoms with E-state index in [1.54, 1.807) is 18.2 Å². The fourth-order valence-corrected chi connectivity index (χ4v) is 4.31. The number of methoxy groups -OCH3 is 1. The molecule has 0 N–H and O–H groups in total. The predicted octanol–water partition coefficient (Wildman–Crippen LogP) is 4.89. The maximum absolute atomic E-state index is 13.3. The van der Waals surface area contributed by atoms with Crippen molar-refractivity contribution in [2.75, 3.05) is 13.7 Å². The molecule has 32 heavy (non-hydrogen) atoms. The summed E-state index contributed by atoms with van der Waals surface area (Å²) in [6.45, 7) is -0.163. The van der Waals surface area contributed by atoms with Gasteiger partial charge in [0.2, 0.25) is 0 Å². The number of fused-ring (bicyclic) bond motifs is 1. The average molecular weight is 451 g/mol. The third-order valence-corrected chi connectivity index (χ3v) is 5.83. The van der Waals surface area contributed by atoms with Crippen molar-refractivity contribution in [3.8, 4) is 17.6 Å². The zero-order valence-corrected chi connectivity index (χ0v) is 18.5. The van der Waals surface area contributed by atoms with Crippen LogP contribution in [0.15, 0.2) is 46.3 Å². The van der Waals surface area contributed by atoms with Crippen molar-refractivity contribution in [2.45, 2.75) is 38.0 Å². The lowest BCUT2D eigenvalue weighted by molar-refractivity contribution is 0.329. The Morgan fingerprint density at radius 1 is 1.28 bits per heavy atom. The van der Waals surface area contributed by atoms with Crippen LogP contribution in [0.1, 0.15) is 49.4 Å². The monoisotopic (exact) mass is 450 g/mol. The molecule has 0 bridgehead atoms. The molecule has 1 aromatic heterocycles. The minimum absolute atomic E-state index is 0.163. The molecule has 1 aliphatic rings. The van der Waals surface area contributed by atoms with Crippen LogP contribution in [-0.2, 0) is 0 Å². The summed E-state index contributed by atoms with van der Waals surface area (Å²) < 4.78 is 12.3. The first kappa shape index (κ1) is 21.8. The van der Waals surface area contributed by atoms with Crippen molar-refractivity contribution >= 4 is 28.7 Å². The molecule has 1 aliphatic carbocycles. The number of rotatable bonds is 6. The van der Waals surface area contributed by atoms with Crippen molar-refractivity contribution in [3.63, 3.8) is 0 Å². The third kappa shape index (κ3) is 4.46. The van der Waals surface area contributed by atoms with Gasteiger partial charge in [-0.25, -0.2) is 4.98 Å². The summed E-state index contributed by atoms with van der Waals surface area (Å²) in [4.78, 5) is 18.2. The number of hydrogen-bond donors (Lipinski definition) is 0. The lowest BCUT2D eigenvalue weighted by Gasteiger charge is -2.22. The summed E-state index contributed by atoms with van der Waals surface area (Å²) in [6, 6.07) is 12.5. The maximum atomic E-state index is 13.3.